The molecular formula is C23H30N2O4. The van der Waals surface area contributed by atoms with Crippen molar-refractivity contribution in [2.45, 2.75) is 58.0 Å². The fourth-order valence-electron chi connectivity index (χ4n) is 4.98. The summed E-state index contributed by atoms with van der Waals surface area (Å²) in [4.78, 5) is 42.4. The van der Waals surface area contributed by atoms with Crippen LogP contribution < -0.4 is 4.90 Å². The normalized spacial score (nSPS) is 24.9. The van der Waals surface area contributed by atoms with E-state index >= 15 is 0 Å². The predicted molar refractivity (Wildman–Crippen MR) is 109 cm³/mol. The maximum absolute atomic E-state index is 13.3. The van der Waals surface area contributed by atoms with Gasteiger partial charge in [-0.1, -0.05) is 31.0 Å². The Labute approximate surface area is 172 Å². The smallest absolute Gasteiger partial charge is 0.310 e. The summed E-state index contributed by atoms with van der Waals surface area (Å²) < 4.78 is 5.58. The third-order valence-electron chi connectivity index (χ3n) is 6.60. The Hall–Kier alpha value is -2.37. The van der Waals surface area contributed by atoms with Crippen LogP contribution in [-0.4, -0.2) is 48.4 Å². The van der Waals surface area contributed by atoms with Crippen LogP contribution in [0.1, 0.15) is 51.0 Å². The van der Waals surface area contributed by atoms with Gasteiger partial charge in [0.25, 0.3) is 5.91 Å². The highest BCUT2D eigenvalue weighted by atomic mass is 16.5. The van der Waals surface area contributed by atoms with Crippen molar-refractivity contribution >= 4 is 23.5 Å². The van der Waals surface area contributed by atoms with Crippen LogP contribution in [0, 0.1) is 11.8 Å². The van der Waals surface area contributed by atoms with E-state index in [-0.39, 0.29) is 17.7 Å². The van der Waals surface area contributed by atoms with E-state index in [9.17, 15) is 14.4 Å². The molecule has 0 spiro atoms. The Morgan fingerprint density at radius 2 is 1.66 bits per heavy atom. The number of hydrogen-bond acceptors (Lipinski definition) is 4. The molecule has 0 N–H and O–H groups in total. The Balaban J connectivity index is 1.44. The molecule has 6 nitrogen and oxygen atoms in total. The summed E-state index contributed by atoms with van der Waals surface area (Å²) in [6.07, 6.45) is 5.27. The number of benzene rings is 1. The second-order valence-corrected chi connectivity index (χ2v) is 8.48. The lowest BCUT2D eigenvalue weighted by Gasteiger charge is -2.33. The summed E-state index contributed by atoms with van der Waals surface area (Å²) in [7, 11) is 0. The van der Waals surface area contributed by atoms with Crippen molar-refractivity contribution in [3.63, 3.8) is 0 Å². The Bertz CT molecular complexity index is 787. The van der Waals surface area contributed by atoms with Gasteiger partial charge >= 0.3 is 5.97 Å². The van der Waals surface area contributed by atoms with Crippen molar-refractivity contribution in [1.82, 2.24) is 4.90 Å². The molecule has 2 heterocycles. The van der Waals surface area contributed by atoms with Crippen LogP contribution in [0.25, 0.3) is 0 Å². The third-order valence-corrected chi connectivity index (χ3v) is 6.60. The molecule has 1 aromatic carbocycles. The predicted octanol–water partition coefficient (Wildman–Crippen LogP) is 2.94. The quantitative estimate of drug-likeness (QED) is 0.732. The summed E-state index contributed by atoms with van der Waals surface area (Å²) in [5.41, 5.74) is 2.15. The van der Waals surface area contributed by atoms with Gasteiger partial charge < -0.3 is 14.5 Å². The fraction of sp³-hybridized carbons (Fsp3) is 0.609. The molecule has 0 aromatic heterocycles. The number of esters is 1. The van der Waals surface area contributed by atoms with Crippen LogP contribution in [-0.2, 0) is 25.5 Å². The number of carbonyl (C=O) groups is 3. The molecule has 4 rings (SSSR count). The average molecular weight is 399 g/mol. The maximum atomic E-state index is 13.3. The van der Waals surface area contributed by atoms with E-state index in [0.717, 1.165) is 50.9 Å². The third kappa shape index (κ3) is 4.02. The van der Waals surface area contributed by atoms with Gasteiger partial charge in [-0.15, -0.1) is 0 Å². The lowest BCUT2D eigenvalue weighted by atomic mass is 9.78. The molecular weight excluding hydrogens is 368 g/mol. The molecule has 156 valence electrons. The molecule has 6 heteroatoms. The van der Waals surface area contributed by atoms with Crippen molar-refractivity contribution in [3.05, 3.63) is 29.8 Å². The van der Waals surface area contributed by atoms with Crippen molar-refractivity contribution < 1.29 is 19.1 Å². The zero-order valence-corrected chi connectivity index (χ0v) is 17.1. The van der Waals surface area contributed by atoms with Crippen LogP contribution in [0.15, 0.2) is 24.3 Å². The second kappa shape index (κ2) is 8.56. The molecule has 3 aliphatic rings. The molecule has 2 fully saturated rings. The molecule has 1 aliphatic carbocycles. The minimum Gasteiger partial charge on any atom is -0.452 e. The topological polar surface area (TPSA) is 66.9 Å². The fourth-order valence-corrected chi connectivity index (χ4v) is 4.98. The molecule has 2 amide bonds. The highest BCUT2D eigenvalue weighted by Crippen LogP contribution is 2.36. The van der Waals surface area contributed by atoms with Gasteiger partial charge in [-0.25, -0.2) is 0 Å². The minimum absolute atomic E-state index is 0.0233. The summed E-state index contributed by atoms with van der Waals surface area (Å²) in [6.45, 7) is 3.79. The number of ether oxygens (including phenoxy) is 1. The molecule has 0 bridgehead atoms. The summed E-state index contributed by atoms with van der Waals surface area (Å²) in [5, 5.41) is 0. The van der Waals surface area contributed by atoms with Crippen molar-refractivity contribution in [2.24, 2.45) is 11.8 Å². The van der Waals surface area contributed by atoms with Crippen molar-refractivity contribution in [1.29, 1.82) is 0 Å². The standard InChI is InChI=1S/C23H30N2O4/c1-16(21(26)24-13-6-7-14-24)29-23(28)19-10-4-3-9-18(19)22(27)25-15-12-17-8-2-5-11-20(17)25/h2,5,8,11,16,18-19H,3-4,6-7,9-10,12-15H2,1H3. The van der Waals surface area contributed by atoms with E-state index in [1.807, 2.05) is 23.1 Å². The van der Waals surface area contributed by atoms with Gasteiger partial charge in [0.1, 0.15) is 0 Å². The van der Waals surface area contributed by atoms with Gasteiger partial charge in [0.15, 0.2) is 6.10 Å². The van der Waals surface area contributed by atoms with E-state index < -0.39 is 18.0 Å². The van der Waals surface area contributed by atoms with Crippen LogP contribution in [0.5, 0.6) is 0 Å². The maximum Gasteiger partial charge on any atom is 0.310 e. The van der Waals surface area contributed by atoms with Gasteiger partial charge in [0.2, 0.25) is 5.91 Å². The van der Waals surface area contributed by atoms with Crippen molar-refractivity contribution in [3.8, 4) is 0 Å². The zero-order valence-electron chi connectivity index (χ0n) is 17.1. The number of amides is 2. The zero-order chi connectivity index (χ0) is 20.4. The summed E-state index contributed by atoms with van der Waals surface area (Å²) >= 11 is 0. The highest BCUT2D eigenvalue weighted by molar-refractivity contribution is 5.99. The monoisotopic (exact) mass is 398 g/mol. The average Bonchev–Trinajstić information content (AvgIpc) is 3.42. The SMILES string of the molecule is CC(OC(=O)C1CCCCC1C(=O)N1CCc2ccccc21)C(=O)N1CCCC1. The molecule has 1 aromatic rings. The van der Waals surface area contributed by atoms with Crippen LogP contribution in [0.4, 0.5) is 5.69 Å². The van der Waals surface area contributed by atoms with E-state index in [1.165, 1.54) is 5.56 Å². The van der Waals surface area contributed by atoms with E-state index in [1.54, 1.807) is 11.8 Å². The first kappa shape index (κ1) is 19.9. The number of fused-ring (bicyclic) bond motifs is 1. The first-order valence-corrected chi connectivity index (χ1v) is 10.9. The van der Waals surface area contributed by atoms with Gasteiger partial charge in [-0.2, -0.15) is 0 Å². The van der Waals surface area contributed by atoms with Crippen LogP contribution >= 0.6 is 0 Å². The Morgan fingerprint density at radius 3 is 2.41 bits per heavy atom. The first-order chi connectivity index (χ1) is 14.1. The molecule has 29 heavy (non-hydrogen) atoms. The minimum atomic E-state index is -0.786. The molecule has 3 atom stereocenters. The highest BCUT2D eigenvalue weighted by Gasteiger charge is 2.41. The van der Waals surface area contributed by atoms with Crippen molar-refractivity contribution in [2.75, 3.05) is 24.5 Å². The molecule has 0 radical (unpaired) electrons. The van der Waals surface area contributed by atoms with Gasteiger partial charge in [-0.05, 0) is 50.7 Å². The van der Waals surface area contributed by atoms with Crippen LogP contribution in [0.2, 0.25) is 0 Å². The second-order valence-electron chi connectivity index (χ2n) is 8.48. The molecule has 1 saturated heterocycles. The number of hydrogen-bond donors (Lipinski definition) is 0. The lowest BCUT2D eigenvalue weighted by Crippen LogP contribution is -2.44. The van der Waals surface area contributed by atoms with Gasteiger partial charge in [0.05, 0.1) is 11.8 Å². The van der Waals surface area contributed by atoms with Gasteiger partial charge in [0, 0.05) is 25.3 Å². The Morgan fingerprint density at radius 1 is 0.966 bits per heavy atom. The summed E-state index contributed by atoms with van der Waals surface area (Å²) in [5.74, 6) is -1.32. The first-order valence-electron chi connectivity index (χ1n) is 10.9. The van der Waals surface area contributed by atoms with Gasteiger partial charge in [-0.3, -0.25) is 14.4 Å². The van der Waals surface area contributed by atoms with E-state index in [0.29, 0.717) is 19.4 Å². The number of para-hydroxylation sites is 1. The molecule has 1 saturated carbocycles. The largest absolute Gasteiger partial charge is 0.452 e. The number of rotatable bonds is 4. The molecule has 2 aliphatic heterocycles. The Kier molecular flexibility index (Phi) is 5.88. The number of likely N-dealkylation sites (tertiary alicyclic amines) is 1. The van der Waals surface area contributed by atoms with E-state index in [4.69, 9.17) is 4.74 Å². The molecule has 3 unspecified atom stereocenters. The number of anilines is 1. The number of carbonyl (C=O) groups excluding carboxylic acids is 3. The number of nitrogens with zero attached hydrogens (tertiary/aromatic N) is 2. The lowest BCUT2D eigenvalue weighted by molar-refractivity contribution is -0.165. The van der Waals surface area contributed by atoms with E-state index in [2.05, 4.69) is 6.07 Å². The summed E-state index contributed by atoms with van der Waals surface area (Å²) in [6, 6.07) is 7.98. The van der Waals surface area contributed by atoms with Crippen LogP contribution in [0.3, 0.4) is 0 Å².